The van der Waals surface area contributed by atoms with Gasteiger partial charge in [0.2, 0.25) is 0 Å². The number of nitrogens with two attached hydrogens (primary N) is 1. The van der Waals surface area contributed by atoms with Gasteiger partial charge in [-0.25, -0.2) is 0 Å². The average Bonchev–Trinajstić information content (AvgIpc) is 2.18. The number of aliphatic hydroxyl groups excluding tert-OH is 1. The molecule has 0 spiro atoms. The van der Waals surface area contributed by atoms with E-state index in [1.54, 1.807) is 7.11 Å². The van der Waals surface area contributed by atoms with E-state index < -0.39 is 0 Å². The number of hydrogen-bond acceptors (Lipinski definition) is 3. The van der Waals surface area contributed by atoms with Gasteiger partial charge in [0.15, 0.2) is 5.96 Å². The normalized spacial score (nSPS) is 29.7. The zero-order chi connectivity index (χ0) is 11.5. The van der Waals surface area contributed by atoms with Gasteiger partial charge in [0.25, 0.3) is 0 Å². The van der Waals surface area contributed by atoms with Crippen molar-refractivity contribution >= 4 is 5.96 Å². The molecular formula is C10H21N3O2. The third kappa shape index (κ3) is 2.82. The molecule has 5 heteroatoms. The zero-order valence-corrected chi connectivity index (χ0v) is 9.66. The molecule has 0 radical (unpaired) electrons. The molecule has 0 saturated heterocycles. The van der Waals surface area contributed by atoms with Crippen molar-refractivity contribution in [2.45, 2.75) is 32.4 Å². The van der Waals surface area contributed by atoms with Gasteiger partial charge in [0.1, 0.15) is 0 Å². The Kier molecular flexibility index (Phi) is 3.93. The van der Waals surface area contributed by atoms with Gasteiger partial charge in [-0.2, -0.15) is 0 Å². The minimum absolute atomic E-state index is 0.124. The van der Waals surface area contributed by atoms with Crippen LogP contribution in [0, 0.1) is 5.41 Å². The fourth-order valence-electron chi connectivity index (χ4n) is 1.63. The summed E-state index contributed by atoms with van der Waals surface area (Å²) in [6.07, 6.45) is 0.481. The van der Waals surface area contributed by atoms with E-state index >= 15 is 0 Å². The molecule has 0 aromatic carbocycles. The van der Waals surface area contributed by atoms with Gasteiger partial charge in [-0.05, 0) is 6.42 Å². The standard InChI is InChI=1S/C10H21N3O2/c1-10(2)7(6-8(10)14)13-9(11)12-4-5-15-3/h7-8,14H,4-6H2,1-3H3,(H3,11,12,13). The first-order valence-electron chi connectivity index (χ1n) is 5.22. The van der Waals surface area contributed by atoms with Gasteiger partial charge in [-0.3, -0.25) is 4.99 Å². The molecule has 0 aromatic heterocycles. The number of ether oxygens (including phenoxy) is 1. The number of aliphatic hydroxyl groups is 1. The second-order valence-corrected chi connectivity index (χ2v) is 4.53. The van der Waals surface area contributed by atoms with Crippen molar-refractivity contribution in [1.29, 1.82) is 0 Å². The molecule has 1 fully saturated rings. The van der Waals surface area contributed by atoms with Crippen LogP contribution in [-0.4, -0.2) is 43.5 Å². The largest absolute Gasteiger partial charge is 0.392 e. The van der Waals surface area contributed by atoms with Crippen molar-refractivity contribution in [2.75, 3.05) is 20.3 Å². The minimum atomic E-state index is -0.248. The zero-order valence-electron chi connectivity index (χ0n) is 9.66. The summed E-state index contributed by atoms with van der Waals surface area (Å²) in [5.41, 5.74) is 5.57. The number of methoxy groups -OCH3 is 1. The van der Waals surface area contributed by atoms with Gasteiger partial charge < -0.3 is 20.9 Å². The highest BCUT2D eigenvalue weighted by molar-refractivity contribution is 5.78. The van der Waals surface area contributed by atoms with E-state index in [4.69, 9.17) is 10.5 Å². The summed E-state index contributed by atoms with van der Waals surface area (Å²) in [4.78, 5) is 4.10. The van der Waals surface area contributed by atoms with Crippen LogP contribution < -0.4 is 11.1 Å². The summed E-state index contributed by atoms with van der Waals surface area (Å²) >= 11 is 0. The van der Waals surface area contributed by atoms with Crippen LogP contribution in [0.4, 0.5) is 0 Å². The Hall–Kier alpha value is -0.810. The monoisotopic (exact) mass is 215 g/mol. The van der Waals surface area contributed by atoms with Gasteiger partial charge in [-0.15, -0.1) is 0 Å². The highest BCUT2D eigenvalue weighted by Crippen LogP contribution is 2.40. The van der Waals surface area contributed by atoms with Crippen LogP contribution in [0.5, 0.6) is 0 Å². The molecule has 0 aliphatic heterocycles. The van der Waals surface area contributed by atoms with Crippen molar-refractivity contribution in [1.82, 2.24) is 5.32 Å². The summed E-state index contributed by atoms with van der Waals surface area (Å²) in [5, 5.41) is 12.6. The van der Waals surface area contributed by atoms with Crippen molar-refractivity contribution in [3.63, 3.8) is 0 Å². The Labute approximate surface area is 90.7 Å². The van der Waals surface area contributed by atoms with E-state index in [0.29, 0.717) is 19.1 Å². The fraction of sp³-hybridized carbons (Fsp3) is 0.900. The third-order valence-electron chi connectivity index (χ3n) is 3.12. The SMILES string of the molecule is COCCN=C(N)NC1CC(O)C1(C)C. The molecule has 2 atom stereocenters. The van der Waals surface area contributed by atoms with E-state index in [0.717, 1.165) is 6.42 Å². The summed E-state index contributed by atoms with van der Waals surface area (Å²) in [5.74, 6) is 0.428. The molecule has 15 heavy (non-hydrogen) atoms. The molecule has 5 nitrogen and oxygen atoms in total. The van der Waals surface area contributed by atoms with E-state index in [2.05, 4.69) is 10.3 Å². The van der Waals surface area contributed by atoms with Gasteiger partial charge in [0.05, 0.1) is 19.3 Å². The Bertz CT molecular complexity index is 241. The number of nitrogens with one attached hydrogen (secondary N) is 1. The predicted octanol–water partition coefficient (Wildman–Crippen LogP) is -0.303. The molecule has 4 N–H and O–H groups in total. The number of hydrogen-bond donors (Lipinski definition) is 3. The van der Waals surface area contributed by atoms with E-state index in [-0.39, 0.29) is 17.6 Å². The number of guanidine groups is 1. The van der Waals surface area contributed by atoms with Crippen LogP contribution >= 0.6 is 0 Å². The van der Waals surface area contributed by atoms with Crippen LogP contribution in [0.2, 0.25) is 0 Å². The second kappa shape index (κ2) is 4.81. The van der Waals surface area contributed by atoms with Gasteiger partial charge >= 0.3 is 0 Å². The van der Waals surface area contributed by atoms with E-state index in [1.807, 2.05) is 13.8 Å². The Balaban J connectivity index is 2.33. The number of nitrogens with zero attached hydrogens (tertiary/aromatic N) is 1. The highest BCUT2D eigenvalue weighted by Gasteiger charge is 2.47. The molecule has 1 rings (SSSR count). The Morgan fingerprint density at radius 1 is 1.67 bits per heavy atom. The van der Waals surface area contributed by atoms with Crippen LogP contribution in [-0.2, 0) is 4.74 Å². The highest BCUT2D eigenvalue weighted by atomic mass is 16.5. The molecule has 1 aliphatic carbocycles. The molecule has 1 aliphatic rings. The summed E-state index contributed by atoms with van der Waals surface area (Å²) < 4.78 is 4.87. The average molecular weight is 215 g/mol. The van der Waals surface area contributed by atoms with Crippen LogP contribution in [0.3, 0.4) is 0 Å². The minimum Gasteiger partial charge on any atom is -0.392 e. The van der Waals surface area contributed by atoms with Crippen molar-refractivity contribution in [2.24, 2.45) is 16.1 Å². The lowest BCUT2D eigenvalue weighted by Gasteiger charge is -2.49. The number of rotatable bonds is 4. The molecule has 0 aromatic rings. The maximum atomic E-state index is 9.53. The van der Waals surface area contributed by atoms with Crippen molar-refractivity contribution < 1.29 is 9.84 Å². The van der Waals surface area contributed by atoms with E-state index in [9.17, 15) is 5.11 Å². The van der Waals surface area contributed by atoms with Gasteiger partial charge in [0, 0.05) is 18.6 Å². The van der Waals surface area contributed by atoms with Crippen molar-refractivity contribution in [3.8, 4) is 0 Å². The maximum Gasteiger partial charge on any atom is 0.188 e. The van der Waals surface area contributed by atoms with Gasteiger partial charge in [-0.1, -0.05) is 13.8 Å². The number of aliphatic imine (C=N–C) groups is 1. The topological polar surface area (TPSA) is 79.9 Å². The van der Waals surface area contributed by atoms with Crippen LogP contribution in [0.15, 0.2) is 4.99 Å². The summed E-state index contributed by atoms with van der Waals surface area (Å²) in [7, 11) is 1.63. The molecule has 2 unspecified atom stereocenters. The molecule has 0 bridgehead atoms. The first kappa shape index (κ1) is 12.3. The lowest BCUT2D eigenvalue weighted by Crippen LogP contribution is -2.62. The van der Waals surface area contributed by atoms with Crippen LogP contribution in [0.1, 0.15) is 20.3 Å². The molecule has 0 heterocycles. The summed E-state index contributed by atoms with van der Waals surface area (Å²) in [6.45, 7) is 5.16. The van der Waals surface area contributed by atoms with Crippen molar-refractivity contribution in [3.05, 3.63) is 0 Å². The first-order valence-corrected chi connectivity index (χ1v) is 5.22. The fourth-order valence-corrected chi connectivity index (χ4v) is 1.63. The van der Waals surface area contributed by atoms with Crippen LogP contribution in [0.25, 0.3) is 0 Å². The van der Waals surface area contributed by atoms with E-state index in [1.165, 1.54) is 0 Å². The second-order valence-electron chi connectivity index (χ2n) is 4.53. The molecular weight excluding hydrogens is 194 g/mol. The maximum absolute atomic E-state index is 9.53. The molecule has 1 saturated carbocycles. The molecule has 88 valence electrons. The third-order valence-corrected chi connectivity index (χ3v) is 3.12. The lowest BCUT2D eigenvalue weighted by molar-refractivity contribution is -0.0660. The predicted molar refractivity (Wildman–Crippen MR) is 59.7 cm³/mol. The molecule has 0 amide bonds. The quantitative estimate of drug-likeness (QED) is 0.341. The lowest BCUT2D eigenvalue weighted by atomic mass is 9.65. The Morgan fingerprint density at radius 2 is 2.33 bits per heavy atom. The summed E-state index contributed by atoms with van der Waals surface area (Å²) in [6, 6.07) is 0.207. The first-order chi connectivity index (χ1) is 6.98. The smallest absolute Gasteiger partial charge is 0.188 e. The Morgan fingerprint density at radius 3 is 2.80 bits per heavy atom.